The van der Waals surface area contributed by atoms with Gasteiger partial charge < -0.3 is 11.5 Å². The zero-order chi connectivity index (χ0) is 14.1. The zero-order valence-corrected chi connectivity index (χ0v) is 10.5. The van der Waals surface area contributed by atoms with E-state index in [1.807, 2.05) is 48.5 Å². The number of rotatable bonds is 1. The Labute approximate surface area is 115 Å². The second-order valence-electron chi connectivity index (χ2n) is 4.33. The molecular formula is C15H11N5. The van der Waals surface area contributed by atoms with Crippen LogP contribution in [-0.2, 0) is 0 Å². The summed E-state index contributed by atoms with van der Waals surface area (Å²) in [7, 11) is 0. The molecule has 0 spiro atoms. The van der Waals surface area contributed by atoms with E-state index in [1.165, 1.54) is 0 Å². The van der Waals surface area contributed by atoms with Crippen LogP contribution in [0.1, 0.15) is 5.56 Å². The third-order valence-corrected chi connectivity index (χ3v) is 3.11. The van der Waals surface area contributed by atoms with Gasteiger partial charge in [-0.25, -0.2) is 4.98 Å². The van der Waals surface area contributed by atoms with Crippen molar-refractivity contribution in [1.29, 1.82) is 5.26 Å². The summed E-state index contributed by atoms with van der Waals surface area (Å²) in [6.07, 6.45) is 0. The van der Waals surface area contributed by atoms with Crippen molar-refractivity contribution < 1.29 is 0 Å². The van der Waals surface area contributed by atoms with Crippen LogP contribution in [0.2, 0.25) is 0 Å². The number of anilines is 2. The number of nitriles is 1. The van der Waals surface area contributed by atoms with E-state index in [0.29, 0.717) is 5.69 Å². The molecule has 0 aliphatic heterocycles. The fourth-order valence-electron chi connectivity index (χ4n) is 2.23. The first kappa shape index (κ1) is 11.9. The largest absolute Gasteiger partial charge is 0.382 e. The Morgan fingerprint density at radius 3 is 2.50 bits per heavy atom. The highest BCUT2D eigenvalue weighted by molar-refractivity contribution is 5.97. The number of nitrogens with zero attached hydrogens (tertiary/aromatic N) is 3. The summed E-state index contributed by atoms with van der Waals surface area (Å²) >= 11 is 0. The normalized spacial score (nSPS) is 10.3. The first-order chi connectivity index (χ1) is 9.70. The van der Waals surface area contributed by atoms with Gasteiger partial charge in [0.1, 0.15) is 17.5 Å². The van der Waals surface area contributed by atoms with Crippen LogP contribution in [-0.4, -0.2) is 9.97 Å². The van der Waals surface area contributed by atoms with E-state index in [9.17, 15) is 5.26 Å². The summed E-state index contributed by atoms with van der Waals surface area (Å²) in [6.45, 7) is 0. The molecule has 1 heterocycles. The third-order valence-electron chi connectivity index (χ3n) is 3.11. The molecular weight excluding hydrogens is 250 g/mol. The van der Waals surface area contributed by atoms with Crippen molar-refractivity contribution in [2.45, 2.75) is 0 Å². The van der Waals surface area contributed by atoms with E-state index >= 15 is 0 Å². The second-order valence-corrected chi connectivity index (χ2v) is 4.33. The Bertz CT molecular complexity index is 843. The van der Waals surface area contributed by atoms with Gasteiger partial charge in [0.05, 0.1) is 5.69 Å². The topological polar surface area (TPSA) is 102 Å². The van der Waals surface area contributed by atoms with Crippen molar-refractivity contribution in [2.24, 2.45) is 0 Å². The molecule has 5 heteroatoms. The number of hydrogen-bond donors (Lipinski definition) is 2. The molecule has 0 atom stereocenters. The molecule has 5 nitrogen and oxygen atoms in total. The lowest BCUT2D eigenvalue weighted by Crippen LogP contribution is -2.05. The summed E-state index contributed by atoms with van der Waals surface area (Å²) in [4.78, 5) is 8.02. The Morgan fingerprint density at radius 2 is 1.70 bits per heavy atom. The molecule has 0 aliphatic carbocycles. The van der Waals surface area contributed by atoms with Gasteiger partial charge in [0.25, 0.3) is 0 Å². The summed E-state index contributed by atoms with van der Waals surface area (Å²) < 4.78 is 0. The predicted octanol–water partition coefficient (Wildman–Crippen LogP) is 2.33. The van der Waals surface area contributed by atoms with Crippen LogP contribution < -0.4 is 11.5 Å². The first-order valence-corrected chi connectivity index (χ1v) is 6.02. The average molecular weight is 261 g/mol. The summed E-state index contributed by atoms with van der Waals surface area (Å²) in [5, 5.41) is 11.3. The first-order valence-electron chi connectivity index (χ1n) is 6.02. The van der Waals surface area contributed by atoms with Crippen LogP contribution in [0.25, 0.3) is 22.0 Å². The predicted molar refractivity (Wildman–Crippen MR) is 78.5 cm³/mol. The van der Waals surface area contributed by atoms with E-state index in [0.717, 1.165) is 16.3 Å². The molecule has 0 bridgehead atoms. The molecule has 2 aromatic carbocycles. The Balaban J connectivity index is 2.40. The van der Waals surface area contributed by atoms with Gasteiger partial charge in [-0.2, -0.15) is 10.2 Å². The van der Waals surface area contributed by atoms with Gasteiger partial charge in [-0.3, -0.25) is 0 Å². The molecule has 3 rings (SSSR count). The second kappa shape index (κ2) is 4.52. The minimum Gasteiger partial charge on any atom is -0.382 e. The van der Waals surface area contributed by atoms with E-state index in [4.69, 9.17) is 11.5 Å². The molecule has 0 saturated carbocycles. The van der Waals surface area contributed by atoms with E-state index < -0.39 is 0 Å². The highest BCUT2D eigenvalue weighted by atomic mass is 15.0. The highest BCUT2D eigenvalue weighted by Crippen LogP contribution is 2.31. The van der Waals surface area contributed by atoms with Crippen molar-refractivity contribution in [3.05, 3.63) is 48.0 Å². The van der Waals surface area contributed by atoms with Gasteiger partial charge in [0.15, 0.2) is 0 Å². The summed E-state index contributed by atoms with van der Waals surface area (Å²) in [5.41, 5.74) is 12.9. The van der Waals surface area contributed by atoms with Gasteiger partial charge in [-0.05, 0) is 10.8 Å². The Morgan fingerprint density at radius 1 is 0.950 bits per heavy atom. The summed E-state index contributed by atoms with van der Waals surface area (Å²) in [5.74, 6) is 0.160. The SMILES string of the molecule is N#Cc1c(N)nc(N)nc1-c1cccc2ccccc12. The van der Waals surface area contributed by atoms with Crippen LogP contribution >= 0.6 is 0 Å². The molecule has 0 amide bonds. The monoisotopic (exact) mass is 261 g/mol. The Kier molecular flexibility index (Phi) is 2.70. The lowest BCUT2D eigenvalue weighted by atomic mass is 9.99. The lowest BCUT2D eigenvalue weighted by molar-refractivity contribution is 1.18. The molecule has 0 radical (unpaired) electrons. The molecule has 3 aromatic rings. The smallest absolute Gasteiger partial charge is 0.222 e. The number of hydrogen-bond acceptors (Lipinski definition) is 5. The molecule has 96 valence electrons. The van der Waals surface area contributed by atoms with E-state index in [1.54, 1.807) is 0 Å². The molecule has 0 fully saturated rings. The minimum absolute atomic E-state index is 0.0597. The van der Waals surface area contributed by atoms with Crippen LogP contribution in [0.15, 0.2) is 42.5 Å². The van der Waals surface area contributed by atoms with E-state index in [2.05, 4.69) is 9.97 Å². The summed E-state index contributed by atoms with van der Waals surface area (Å²) in [6, 6.07) is 15.7. The number of nitrogen functional groups attached to an aromatic ring is 2. The molecule has 0 aliphatic rings. The van der Waals surface area contributed by atoms with Crippen LogP contribution in [0.5, 0.6) is 0 Å². The average Bonchev–Trinajstić information content (AvgIpc) is 2.46. The van der Waals surface area contributed by atoms with Crippen LogP contribution in [0.4, 0.5) is 11.8 Å². The maximum Gasteiger partial charge on any atom is 0.222 e. The molecule has 0 unspecified atom stereocenters. The van der Waals surface area contributed by atoms with Gasteiger partial charge in [0, 0.05) is 5.56 Å². The van der Waals surface area contributed by atoms with Crippen molar-refractivity contribution in [3.63, 3.8) is 0 Å². The molecule has 4 N–H and O–H groups in total. The minimum atomic E-state index is 0.0597. The molecule has 1 aromatic heterocycles. The van der Waals surface area contributed by atoms with Crippen molar-refractivity contribution in [2.75, 3.05) is 11.5 Å². The van der Waals surface area contributed by atoms with Gasteiger partial charge >= 0.3 is 0 Å². The van der Waals surface area contributed by atoms with Crippen molar-refractivity contribution in [1.82, 2.24) is 9.97 Å². The van der Waals surface area contributed by atoms with Crippen LogP contribution in [0.3, 0.4) is 0 Å². The van der Waals surface area contributed by atoms with Crippen LogP contribution in [0, 0.1) is 11.3 Å². The van der Waals surface area contributed by atoms with Gasteiger partial charge in [0.2, 0.25) is 5.95 Å². The van der Waals surface area contributed by atoms with E-state index in [-0.39, 0.29) is 17.3 Å². The Hall–Kier alpha value is -3.13. The molecule has 0 saturated heterocycles. The number of nitrogens with two attached hydrogens (primary N) is 2. The zero-order valence-electron chi connectivity index (χ0n) is 10.5. The number of aromatic nitrogens is 2. The maximum absolute atomic E-state index is 9.27. The fraction of sp³-hybridized carbons (Fsp3) is 0. The maximum atomic E-state index is 9.27. The van der Waals surface area contributed by atoms with Gasteiger partial charge in [-0.15, -0.1) is 0 Å². The molecule has 20 heavy (non-hydrogen) atoms. The highest BCUT2D eigenvalue weighted by Gasteiger charge is 2.14. The number of benzene rings is 2. The van der Waals surface area contributed by atoms with Gasteiger partial charge in [-0.1, -0.05) is 42.5 Å². The fourth-order valence-corrected chi connectivity index (χ4v) is 2.23. The lowest BCUT2D eigenvalue weighted by Gasteiger charge is -2.09. The van der Waals surface area contributed by atoms with Crippen molar-refractivity contribution >= 4 is 22.5 Å². The van der Waals surface area contributed by atoms with Crippen molar-refractivity contribution in [3.8, 4) is 17.3 Å². The standard InChI is InChI=1S/C15H11N5/c16-8-12-13(19-15(18)20-14(12)17)11-7-3-5-9-4-1-2-6-10(9)11/h1-7H,(H4,17,18,19,20). The number of fused-ring (bicyclic) bond motifs is 1. The third kappa shape index (κ3) is 1.80. The quantitative estimate of drug-likeness (QED) is 0.700.